The van der Waals surface area contributed by atoms with E-state index in [2.05, 4.69) is 39.7 Å². The lowest BCUT2D eigenvalue weighted by molar-refractivity contribution is -0.121. The molecule has 1 amide bonds. The molecule has 2 N–H and O–H groups in total. The number of pyridine rings is 1. The number of benzene rings is 1. The van der Waals surface area contributed by atoms with Gasteiger partial charge in [-0.2, -0.15) is 5.10 Å². The number of nitrogens with zero attached hydrogens (tertiary/aromatic N) is 2. The number of aromatic amines is 1. The first-order valence-electron chi connectivity index (χ1n) is 10.3. The maximum Gasteiger partial charge on any atom is 0.253 e. The normalized spacial score (nSPS) is 16.0. The third kappa shape index (κ3) is 3.71. The standard InChI is InChI=1S/C23H28N4O2/c1-14-18(23(29)25-22-21(14)15(2)26-27(22)3)11-12-20(28)24-13-17-9-6-8-16-7-4-5-10-19(16)17/h4-5,7,10,17H,6,8-9,11-13H2,1-3H3,(H,24,28)(H,25,29)/t17-/m0/s1. The minimum absolute atomic E-state index is 0.00476. The Morgan fingerprint density at radius 2 is 2.10 bits per heavy atom. The Hall–Kier alpha value is -2.89. The van der Waals surface area contributed by atoms with E-state index >= 15 is 0 Å². The zero-order chi connectivity index (χ0) is 20.5. The van der Waals surface area contributed by atoms with Gasteiger partial charge in [0.1, 0.15) is 5.65 Å². The molecule has 4 rings (SSSR count). The van der Waals surface area contributed by atoms with Crippen molar-refractivity contribution in [3.63, 3.8) is 0 Å². The maximum absolute atomic E-state index is 12.5. The number of rotatable bonds is 5. The van der Waals surface area contributed by atoms with Crippen molar-refractivity contribution >= 4 is 16.9 Å². The van der Waals surface area contributed by atoms with Gasteiger partial charge in [0.25, 0.3) is 5.56 Å². The smallest absolute Gasteiger partial charge is 0.253 e. The van der Waals surface area contributed by atoms with Crippen LogP contribution < -0.4 is 10.9 Å². The summed E-state index contributed by atoms with van der Waals surface area (Å²) in [5, 5.41) is 8.46. The Morgan fingerprint density at radius 1 is 1.31 bits per heavy atom. The first kappa shape index (κ1) is 19.4. The predicted octanol–water partition coefficient (Wildman–Crippen LogP) is 3.05. The number of carbonyl (C=O) groups is 1. The van der Waals surface area contributed by atoms with Crippen molar-refractivity contribution in [2.24, 2.45) is 7.05 Å². The average Bonchev–Trinajstić information content (AvgIpc) is 2.99. The summed E-state index contributed by atoms with van der Waals surface area (Å²) in [6.07, 6.45) is 4.13. The molecule has 0 aliphatic heterocycles. The zero-order valence-electron chi connectivity index (χ0n) is 17.3. The summed E-state index contributed by atoms with van der Waals surface area (Å²) in [6.45, 7) is 4.54. The highest BCUT2D eigenvalue weighted by Crippen LogP contribution is 2.30. The molecule has 0 bridgehead atoms. The summed E-state index contributed by atoms with van der Waals surface area (Å²) in [4.78, 5) is 28.0. The Bertz CT molecular complexity index is 1130. The van der Waals surface area contributed by atoms with Gasteiger partial charge in [-0.3, -0.25) is 14.3 Å². The van der Waals surface area contributed by atoms with Gasteiger partial charge in [-0.05, 0) is 56.2 Å². The van der Waals surface area contributed by atoms with Crippen LogP contribution in [-0.2, 0) is 24.7 Å². The molecular weight excluding hydrogens is 364 g/mol. The minimum atomic E-state index is -0.132. The number of fused-ring (bicyclic) bond motifs is 2. The van der Waals surface area contributed by atoms with E-state index in [0.717, 1.165) is 41.6 Å². The van der Waals surface area contributed by atoms with Gasteiger partial charge in [-0.15, -0.1) is 0 Å². The number of hydrogen-bond acceptors (Lipinski definition) is 3. The fourth-order valence-corrected chi connectivity index (χ4v) is 4.69. The molecule has 2 heterocycles. The molecule has 2 aromatic heterocycles. The second kappa shape index (κ2) is 7.85. The predicted molar refractivity (Wildman–Crippen MR) is 114 cm³/mol. The van der Waals surface area contributed by atoms with E-state index in [1.807, 2.05) is 20.9 Å². The highest BCUT2D eigenvalue weighted by molar-refractivity contribution is 5.83. The third-order valence-corrected chi connectivity index (χ3v) is 6.20. The van der Waals surface area contributed by atoms with Crippen molar-refractivity contribution in [3.05, 3.63) is 62.6 Å². The molecule has 1 aromatic carbocycles. The van der Waals surface area contributed by atoms with Gasteiger partial charge in [-0.25, -0.2) is 0 Å². The van der Waals surface area contributed by atoms with E-state index in [-0.39, 0.29) is 11.5 Å². The molecule has 1 atom stereocenters. The van der Waals surface area contributed by atoms with E-state index in [9.17, 15) is 9.59 Å². The Labute approximate surface area is 170 Å². The van der Waals surface area contributed by atoms with Gasteiger partial charge in [0, 0.05) is 36.9 Å². The number of hydrogen-bond donors (Lipinski definition) is 2. The van der Waals surface area contributed by atoms with Gasteiger partial charge >= 0.3 is 0 Å². The molecule has 0 radical (unpaired) electrons. The molecule has 1 aliphatic rings. The van der Waals surface area contributed by atoms with E-state index in [1.54, 1.807) is 4.68 Å². The third-order valence-electron chi connectivity index (χ3n) is 6.20. The summed E-state index contributed by atoms with van der Waals surface area (Å²) in [7, 11) is 1.82. The van der Waals surface area contributed by atoms with Crippen LogP contribution in [0, 0.1) is 13.8 Å². The van der Waals surface area contributed by atoms with E-state index in [1.165, 1.54) is 11.1 Å². The molecule has 152 valence electrons. The summed E-state index contributed by atoms with van der Waals surface area (Å²) in [5.74, 6) is 0.373. The van der Waals surface area contributed by atoms with Gasteiger partial charge in [-0.1, -0.05) is 24.3 Å². The van der Waals surface area contributed by atoms with Gasteiger partial charge < -0.3 is 10.3 Å². The van der Waals surface area contributed by atoms with Crippen LogP contribution >= 0.6 is 0 Å². The molecule has 1 aliphatic carbocycles. The molecule has 29 heavy (non-hydrogen) atoms. The largest absolute Gasteiger partial charge is 0.355 e. The maximum atomic E-state index is 12.5. The Morgan fingerprint density at radius 3 is 2.93 bits per heavy atom. The lowest BCUT2D eigenvalue weighted by atomic mass is 9.83. The number of aromatic nitrogens is 3. The summed E-state index contributed by atoms with van der Waals surface area (Å²) < 4.78 is 1.69. The molecule has 3 aromatic rings. The van der Waals surface area contributed by atoms with Gasteiger partial charge in [0.05, 0.1) is 5.69 Å². The Balaban J connectivity index is 1.42. The second-order valence-corrected chi connectivity index (χ2v) is 8.08. The highest BCUT2D eigenvalue weighted by atomic mass is 16.1. The van der Waals surface area contributed by atoms with Crippen LogP contribution in [0.2, 0.25) is 0 Å². The quantitative estimate of drug-likeness (QED) is 0.700. The molecular formula is C23H28N4O2. The van der Waals surface area contributed by atoms with Crippen molar-refractivity contribution in [2.75, 3.05) is 6.54 Å². The fourth-order valence-electron chi connectivity index (χ4n) is 4.69. The van der Waals surface area contributed by atoms with Crippen molar-refractivity contribution in [3.8, 4) is 0 Å². The highest BCUT2D eigenvalue weighted by Gasteiger charge is 2.20. The van der Waals surface area contributed by atoms with E-state index < -0.39 is 0 Å². The number of H-pyrrole nitrogens is 1. The first-order valence-corrected chi connectivity index (χ1v) is 10.3. The molecule has 0 unspecified atom stereocenters. The molecule has 0 saturated heterocycles. The van der Waals surface area contributed by atoms with Crippen LogP contribution in [-0.4, -0.2) is 27.2 Å². The summed E-state index contributed by atoms with van der Waals surface area (Å²) >= 11 is 0. The molecule has 0 fully saturated rings. The number of nitrogens with one attached hydrogen (secondary N) is 2. The van der Waals surface area contributed by atoms with E-state index in [0.29, 0.717) is 30.9 Å². The molecule has 6 nitrogen and oxygen atoms in total. The van der Waals surface area contributed by atoms with Gasteiger partial charge in [0.2, 0.25) is 5.91 Å². The van der Waals surface area contributed by atoms with E-state index in [4.69, 9.17) is 0 Å². The summed E-state index contributed by atoms with van der Waals surface area (Å²) in [5.41, 5.74) is 5.85. The van der Waals surface area contributed by atoms with Crippen LogP contribution in [0.5, 0.6) is 0 Å². The van der Waals surface area contributed by atoms with Crippen molar-refractivity contribution in [1.29, 1.82) is 0 Å². The molecule has 0 saturated carbocycles. The molecule has 6 heteroatoms. The monoisotopic (exact) mass is 392 g/mol. The lowest BCUT2D eigenvalue weighted by Gasteiger charge is -2.25. The summed E-state index contributed by atoms with van der Waals surface area (Å²) in [6, 6.07) is 8.53. The van der Waals surface area contributed by atoms with Crippen LogP contribution in [0.15, 0.2) is 29.1 Å². The second-order valence-electron chi connectivity index (χ2n) is 8.08. The van der Waals surface area contributed by atoms with Crippen LogP contribution in [0.4, 0.5) is 0 Å². The number of carbonyl (C=O) groups excluding carboxylic acids is 1. The first-order chi connectivity index (χ1) is 14.0. The van der Waals surface area contributed by atoms with Crippen molar-refractivity contribution in [2.45, 2.75) is 51.9 Å². The van der Waals surface area contributed by atoms with Crippen LogP contribution in [0.3, 0.4) is 0 Å². The Kier molecular flexibility index (Phi) is 5.26. The topological polar surface area (TPSA) is 79.8 Å². The lowest BCUT2D eigenvalue weighted by Crippen LogP contribution is -2.30. The average molecular weight is 393 g/mol. The van der Waals surface area contributed by atoms with Gasteiger partial charge in [0.15, 0.2) is 0 Å². The van der Waals surface area contributed by atoms with Crippen molar-refractivity contribution < 1.29 is 4.79 Å². The van der Waals surface area contributed by atoms with Crippen LogP contribution in [0.25, 0.3) is 11.0 Å². The van der Waals surface area contributed by atoms with Crippen molar-refractivity contribution in [1.82, 2.24) is 20.1 Å². The number of amides is 1. The zero-order valence-corrected chi connectivity index (χ0v) is 17.3. The minimum Gasteiger partial charge on any atom is -0.355 e. The fraction of sp³-hybridized carbons (Fsp3) is 0.435. The van der Waals surface area contributed by atoms with Crippen LogP contribution in [0.1, 0.15) is 53.1 Å². The molecule has 0 spiro atoms. The number of aryl methyl sites for hydroxylation is 4. The SMILES string of the molecule is Cc1nn(C)c2[nH]c(=O)c(CCC(=O)NC[C@@H]3CCCc4ccccc43)c(C)c12.